The van der Waals surface area contributed by atoms with E-state index in [2.05, 4.69) is 9.47 Å². The van der Waals surface area contributed by atoms with Crippen molar-refractivity contribution < 1.29 is 27.5 Å². The van der Waals surface area contributed by atoms with Gasteiger partial charge in [-0.25, -0.2) is 4.79 Å². The van der Waals surface area contributed by atoms with E-state index in [0.29, 0.717) is 11.3 Å². The lowest BCUT2D eigenvalue weighted by Gasteiger charge is -2.11. The van der Waals surface area contributed by atoms with Crippen molar-refractivity contribution in [1.29, 1.82) is 0 Å². The average Bonchev–Trinajstić information content (AvgIpc) is 2.95. The van der Waals surface area contributed by atoms with Crippen LogP contribution in [0.3, 0.4) is 0 Å². The molecule has 0 amide bonds. The van der Waals surface area contributed by atoms with Crippen LogP contribution >= 0.6 is 0 Å². The number of halogens is 2. The average molecular weight is 297 g/mol. The number of furan rings is 1. The van der Waals surface area contributed by atoms with Gasteiger partial charge in [0.05, 0.1) is 13.2 Å². The summed E-state index contributed by atoms with van der Waals surface area (Å²) in [5, 5.41) is 0. The van der Waals surface area contributed by atoms with Gasteiger partial charge in [-0.2, -0.15) is 8.78 Å². The lowest BCUT2D eigenvalue weighted by Crippen LogP contribution is -2.11. The molecule has 1 heterocycles. The highest BCUT2D eigenvalue weighted by Gasteiger charge is 2.18. The molecule has 0 aliphatic carbocycles. The van der Waals surface area contributed by atoms with Gasteiger partial charge in [-0.05, 0) is 29.8 Å². The minimum Gasteiger partial charge on any atom is -0.463 e. The van der Waals surface area contributed by atoms with Gasteiger partial charge in [-0.15, -0.1) is 0 Å². The molecule has 112 valence electrons. The molecule has 0 saturated carbocycles. The second-order valence-corrected chi connectivity index (χ2v) is 4.12. The first-order valence-corrected chi connectivity index (χ1v) is 5.99. The van der Waals surface area contributed by atoms with Crippen LogP contribution in [0.1, 0.15) is 27.9 Å². The number of methoxy groups -OCH3 is 1. The van der Waals surface area contributed by atoms with E-state index in [4.69, 9.17) is 10.2 Å². The van der Waals surface area contributed by atoms with Crippen LogP contribution in [-0.2, 0) is 4.74 Å². The molecule has 21 heavy (non-hydrogen) atoms. The van der Waals surface area contributed by atoms with Crippen molar-refractivity contribution in [3.05, 3.63) is 53.5 Å². The maximum Gasteiger partial charge on any atom is 0.387 e. The third-order valence-corrected chi connectivity index (χ3v) is 2.76. The van der Waals surface area contributed by atoms with Gasteiger partial charge in [0, 0.05) is 0 Å². The highest BCUT2D eigenvalue weighted by Crippen LogP contribution is 2.25. The number of esters is 1. The smallest absolute Gasteiger partial charge is 0.387 e. The molecule has 0 aliphatic heterocycles. The first-order valence-electron chi connectivity index (χ1n) is 5.99. The number of carbonyl (C=O) groups is 1. The van der Waals surface area contributed by atoms with Crippen molar-refractivity contribution in [3.8, 4) is 5.75 Å². The summed E-state index contributed by atoms with van der Waals surface area (Å²) >= 11 is 0. The molecule has 5 nitrogen and oxygen atoms in total. The summed E-state index contributed by atoms with van der Waals surface area (Å²) in [6.45, 7) is -2.91. The molecule has 1 atom stereocenters. The Hall–Kier alpha value is -2.41. The topological polar surface area (TPSA) is 74.7 Å². The Morgan fingerprint density at radius 3 is 2.71 bits per heavy atom. The summed E-state index contributed by atoms with van der Waals surface area (Å²) in [5.41, 5.74) is 6.49. The van der Waals surface area contributed by atoms with Crippen molar-refractivity contribution in [2.24, 2.45) is 5.73 Å². The van der Waals surface area contributed by atoms with E-state index in [1.54, 1.807) is 6.07 Å². The largest absolute Gasteiger partial charge is 0.463 e. The van der Waals surface area contributed by atoms with Crippen LogP contribution in [0.4, 0.5) is 8.78 Å². The molecular weight excluding hydrogens is 284 g/mol. The quantitative estimate of drug-likeness (QED) is 0.859. The van der Waals surface area contributed by atoms with E-state index in [0.717, 1.165) is 0 Å². The van der Waals surface area contributed by atoms with Crippen molar-refractivity contribution in [2.45, 2.75) is 12.7 Å². The van der Waals surface area contributed by atoms with Crippen LogP contribution in [0, 0.1) is 0 Å². The van der Waals surface area contributed by atoms with Gasteiger partial charge in [-0.1, -0.05) is 12.1 Å². The summed E-state index contributed by atoms with van der Waals surface area (Å²) in [4.78, 5) is 11.3. The van der Waals surface area contributed by atoms with Crippen LogP contribution in [0.5, 0.6) is 5.75 Å². The van der Waals surface area contributed by atoms with Crippen LogP contribution < -0.4 is 10.5 Å². The van der Waals surface area contributed by atoms with Gasteiger partial charge in [0.2, 0.25) is 5.76 Å². The summed E-state index contributed by atoms with van der Waals surface area (Å²) in [5.74, 6) is -0.298. The maximum absolute atomic E-state index is 12.2. The number of hydrogen-bond donors (Lipinski definition) is 1. The van der Waals surface area contributed by atoms with Crippen molar-refractivity contribution in [3.63, 3.8) is 0 Å². The molecule has 0 spiro atoms. The SMILES string of the molecule is COC(=O)c1ccc(C(N)c2cccc(OC(F)F)c2)o1. The van der Waals surface area contributed by atoms with Crippen LogP contribution in [0.25, 0.3) is 0 Å². The number of rotatable bonds is 5. The van der Waals surface area contributed by atoms with E-state index in [9.17, 15) is 13.6 Å². The fourth-order valence-corrected chi connectivity index (χ4v) is 1.78. The van der Waals surface area contributed by atoms with Gasteiger partial charge in [0.1, 0.15) is 11.5 Å². The fraction of sp³-hybridized carbons (Fsp3) is 0.214. The zero-order valence-electron chi connectivity index (χ0n) is 11.1. The lowest BCUT2D eigenvalue weighted by molar-refractivity contribution is -0.0498. The Labute approximate surface area is 119 Å². The van der Waals surface area contributed by atoms with Crippen molar-refractivity contribution >= 4 is 5.97 Å². The first-order chi connectivity index (χ1) is 10.0. The molecule has 1 unspecified atom stereocenters. The zero-order valence-corrected chi connectivity index (χ0v) is 11.1. The second-order valence-electron chi connectivity index (χ2n) is 4.12. The van der Waals surface area contributed by atoms with E-state index in [1.165, 1.54) is 37.4 Å². The Bertz CT molecular complexity index is 627. The van der Waals surface area contributed by atoms with E-state index < -0.39 is 18.6 Å². The predicted molar refractivity (Wildman–Crippen MR) is 69.2 cm³/mol. The number of benzene rings is 1. The van der Waals surface area contributed by atoms with Crippen molar-refractivity contribution in [1.82, 2.24) is 0 Å². The molecule has 0 fully saturated rings. The normalized spacial score (nSPS) is 12.2. The molecular formula is C14H13F2NO4. The number of nitrogens with two attached hydrogens (primary N) is 1. The van der Waals surface area contributed by atoms with E-state index in [-0.39, 0.29) is 11.5 Å². The Balaban J connectivity index is 2.21. The Morgan fingerprint density at radius 2 is 2.05 bits per heavy atom. The highest BCUT2D eigenvalue weighted by atomic mass is 19.3. The minimum atomic E-state index is -2.91. The monoisotopic (exact) mass is 297 g/mol. The zero-order chi connectivity index (χ0) is 15.4. The van der Waals surface area contributed by atoms with Gasteiger partial charge in [-0.3, -0.25) is 0 Å². The van der Waals surface area contributed by atoms with Crippen LogP contribution in [0.2, 0.25) is 0 Å². The molecule has 2 aromatic rings. The fourth-order valence-electron chi connectivity index (χ4n) is 1.78. The first kappa shape index (κ1) is 15.0. The second kappa shape index (κ2) is 6.36. The van der Waals surface area contributed by atoms with Crippen molar-refractivity contribution in [2.75, 3.05) is 7.11 Å². The molecule has 0 saturated heterocycles. The van der Waals surface area contributed by atoms with E-state index in [1.807, 2.05) is 0 Å². The molecule has 0 bridgehead atoms. The van der Waals surface area contributed by atoms with Crippen LogP contribution in [-0.4, -0.2) is 19.7 Å². The summed E-state index contributed by atoms with van der Waals surface area (Å²) in [6, 6.07) is 8.20. The van der Waals surface area contributed by atoms with E-state index >= 15 is 0 Å². The van der Waals surface area contributed by atoms with Gasteiger partial charge in [0.25, 0.3) is 0 Å². The van der Waals surface area contributed by atoms with Crippen LogP contribution in [0.15, 0.2) is 40.8 Å². The molecule has 0 radical (unpaired) electrons. The number of alkyl halides is 2. The molecule has 7 heteroatoms. The molecule has 1 aromatic carbocycles. The summed E-state index contributed by atoms with van der Waals surface area (Å²) in [6.07, 6.45) is 0. The third kappa shape index (κ3) is 3.57. The highest BCUT2D eigenvalue weighted by molar-refractivity contribution is 5.86. The standard InChI is InChI=1S/C14H13F2NO4/c1-19-13(18)11-6-5-10(21-11)12(17)8-3-2-4-9(7-8)20-14(15)16/h2-7,12,14H,17H2,1H3. The maximum atomic E-state index is 12.2. The third-order valence-electron chi connectivity index (χ3n) is 2.76. The molecule has 2 rings (SSSR count). The molecule has 0 aliphatic rings. The Morgan fingerprint density at radius 1 is 1.29 bits per heavy atom. The Kier molecular flexibility index (Phi) is 4.54. The number of hydrogen-bond acceptors (Lipinski definition) is 5. The van der Waals surface area contributed by atoms with Gasteiger partial charge >= 0.3 is 12.6 Å². The molecule has 2 N–H and O–H groups in total. The minimum absolute atomic E-state index is 0.00213. The predicted octanol–water partition coefficient (Wildman–Crippen LogP) is 2.72. The number of ether oxygens (including phenoxy) is 2. The lowest BCUT2D eigenvalue weighted by atomic mass is 10.1. The summed E-state index contributed by atoms with van der Waals surface area (Å²) < 4.78 is 38.5. The number of carbonyl (C=O) groups excluding carboxylic acids is 1. The van der Waals surface area contributed by atoms with Gasteiger partial charge < -0.3 is 19.6 Å². The molecule has 1 aromatic heterocycles. The summed E-state index contributed by atoms with van der Waals surface area (Å²) in [7, 11) is 1.23. The van der Waals surface area contributed by atoms with Gasteiger partial charge in [0.15, 0.2) is 0 Å².